The Balaban J connectivity index is 1.72. The Hall–Kier alpha value is -1.50. The summed E-state index contributed by atoms with van der Waals surface area (Å²) < 4.78 is 5.90. The number of aryl methyl sites for hydroxylation is 1. The van der Waals surface area contributed by atoms with Gasteiger partial charge in [0.1, 0.15) is 11.5 Å². The Bertz CT molecular complexity index is 439. The van der Waals surface area contributed by atoms with Crippen LogP contribution in [0.4, 0.5) is 0 Å². The van der Waals surface area contributed by atoms with E-state index in [4.69, 9.17) is 4.74 Å². The second-order valence-corrected chi connectivity index (χ2v) is 4.80. The second kappa shape index (κ2) is 3.82. The normalized spacial score (nSPS) is 26.7. The Morgan fingerprint density at radius 2 is 2.00 bits per heavy atom. The van der Waals surface area contributed by atoms with E-state index in [0.29, 0.717) is 0 Å². The van der Waals surface area contributed by atoms with Crippen LogP contribution in [0.2, 0.25) is 0 Å². The van der Waals surface area contributed by atoms with Gasteiger partial charge < -0.3 is 4.74 Å². The first-order chi connectivity index (χ1) is 7.81. The minimum atomic E-state index is 0.815. The summed E-state index contributed by atoms with van der Waals surface area (Å²) >= 11 is 0. The zero-order valence-corrected chi connectivity index (χ0v) is 9.52. The van der Waals surface area contributed by atoms with E-state index in [1.165, 1.54) is 12.0 Å². The zero-order chi connectivity index (χ0) is 11.0. The molecule has 2 unspecified atom stereocenters. The van der Waals surface area contributed by atoms with Crippen molar-refractivity contribution in [1.82, 2.24) is 0 Å². The van der Waals surface area contributed by atoms with Crippen LogP contribution in [0.3, 0.4) is 0 Å². The lowest BCUT2D eigenvalue weighted by atomic mass is 10.2. The summed E-state index contributed by atoms with van der Waals surface area (Å²) in [5, 5.41) is 0. The SMILES string of the molecule is Cc1ccc(OC2=CC=CC3CC3C2)cc1. The lowest BCUT2D eigenvalue weighted by Gasteiger charge is -2.09. The number of hydrogen-bond donors (Lipinski definition) is 0. The van der Waals surface area contributed by atoms with Crippen LogP contribution in [-0.2, 0) is 0 Å². The number of benzene rings is 1. The van der Waals surface area contributed by atoms with Gasteiger partial charge >= 0.3 is 0 Å². The monoisotopic (exact) mass is 212 g/mol. The molecule has 0 N–H and O–H groups in total. The fourth-order valence-corrected chi connectivity index (χ4v) is 2.21. The molecule has 0 heterocycles. The molecule has 16 heavy (non-hydrogen) atoms. The molecule has 82 valence electrons. The zero-order valence-electron chi connectivity index (χ0n) is 9.52. The molecule has 0 bridgehead atoms. The summed E-state index contributed by atoms with van der Waals surface area (Å²) in [4.78, 5) is 0. The highest BCUT2D eigenvalue weighted by molar-refractivity contribution is 5.29. The van der Waals surface area contributed by atoms with Gasteiger partial charge in [-0.1, -0.05) is 29.8 Å². The highest BCUT2D eigenvalue weighted by atomic mass is 16.5. The molecule has 1 fully saturated rings. The maximum absolute atomic E-state index is 5.90. The molecule has 0 amide bonds. The van der Waals surface area contributed by atoms with E-state index in [-0.39, 0.29) is 0 Å². The molecule has 2 atom stereocenters. The van der Waals surface area contributed by atoms with Gasteiger partial charge in [0.2, 0.25) is 0 Å². The van der Waals surface area contributed by atoms with E-state index >= 15 is 0 Å². The third-order valence-electron chi connectivity index (χ3n) is 3.35. The summed E-state index contributed by atoms with van der Waals surface area (Å²) in [7, 11) is 0. The minimum Gasteiger partial charge on any atom is -0.462 e. The van der Waals surface area contributed by atoms with E-state index < -0.39 is 0 Å². The van der Waals surface area contributed by atoms with Gasteiger partial charge in [-0.3, -0.25) is 0 Å². The maximum Gasteiger partial charge on any atom is 0.126 e. The quantitative estimate of drug-likeness (QED) is 0.723. The van der Waals surface area contributed by atoms with Gasteiger partial charge in [0.15, 0.2) is 0 Å². The van der Waals surface area contributed by atoms with Crippen molar-refractivity contribution in [1.29, 1.82) is 0 Å². The van der Waals surface area contributed by atoms with Gasteiger partial charge in [-0.15, -0.1) is 0 Å². The fourth-order valence-electron chi connectivity index (χ4n) is 2.21. The molecule has 1 saturated carbocycles. The molecule has 0 aromatic heterocycles. The minimum absolute atomic E-state index is 0.815. The second-order valence-electron chi connectivity index (χ2n) is 4.80. The molecule has 0 saturated heterocycles. The van der Waals surface area contributed by atoms with Gasteiger partial charge in [-0.2, -0.15) is 0 Å². The van der Waals surface area contributed by atoms with Crippen LogP contribution in [0.1, 0.15) is 18.4 Å². The third kappa shape index (κ3) is 2.04. The van der Waals surface area contributed by atoms with Crippen molar-refractivity contribution in [2.24, 2.45) is 11.8 Å². The first-order valence-electron chi connectivity index (χ1n) is 5.93. The topological polar surface area (TPSA) is 9.23 Å². The maximum atomic E-state index is 5.90. The van der Waals surface area contributed by atoms with Gasteiger partial charge in [0, 0.05) is 6.42 Å². The van der Waals surface area contributed by atoms with E-state index in [0.717, 1.165) is 29.8 Å². The van der Waals surface area contributed by atoms with Crippen molar-refractivity contribution in [3.63, 3.8) is 0 Å². The summed E-state index contributed by atoms with van der Waals surface area (Å²) in [5.74, 6) is 3.69. The van der Waals surface area contributed by atoms with Crippen molar-refractivity contribution < 1.29 is 4.74 Å². The van der Waals surface area contributed by atoms with E-state index in [1.807, 2.05) is 12.1 Å². The van der Waals surface area contributed by atoms with Crippen LogP contribution in [0, 0.1) is 18.8 Å². The van der Waals surface area contributed by atoms with Crippen molar-refractivity contribution in [2.75, 3.05) is 0 Å². The molecule has 0 spiro atoms. The van der Waals surface area contributed by atoms with Crippen LogP contribution in [0.25, 0.3) is 0 Å². The van der Waals surface area contributed by atoms with Crippen molar-refractivity contribution in [2.45, 2.75) is 19.8 Å². The van der Waals surface area contributed by atoms with Crippen molar-refractivity contribution in [3.8, 4) is 5.75 Å². The summed E-state index contributed by atoms with van der Waals surface area (Å²) in [5.41, 5.74) is 1.27. The first-order valence-corrected chi connectivity index (χ1v) is 5.93. The Morgan fingerprint density at radius 1 is 1.19 bits per heavy atom. The highest BCUT2D eigenvalue weighted by Crippen LogP contribution is 2.45. The molecule has 1 aromatic carbocycles. The van der Waals surface area contributed by atoms with Crippen LogP contribution in [-0.4, -0.2) is 0 Å². The van der Waals surface area contributed by atoms with E-state index in [9.17, 15) is 0 Å². The lowest BCUT2D eigenvalue weighted by molar-refractivity contribution is 0.394. The van der Waals surface area contributed by atoms with Crippen molar-refractivity contribution in [3.05, 3.63) is 53.8 Å². The smallest absolute Gasteiger partial charge is 0.126 e. The molecule has 0 radical (unpaired) electrons. The Kier molecular flexibility index (Phi) is 2.32. The molecule has 0 aliphatic heterocycles. The van der Waals surface area contributed by atoms with Crippen LogP contribution in [0.5, 0.6) is 5.75 Å². The summed E-state index contributed by atoms with van der Waals surface area (Å²) in [6.07, 6.45) is 8.97. The summed E-state index contributed by atoms with van der Waals surface area (Å²) in [6.45, 7) is 2.09. The van der Waals surface area contributed by atoms with Crippen molar-refractivity contribution >= 4 is 0 Å². The molecule has 1 nitrogen and oxygen atoms in total. The number of ether oxygens (including phenoxy) is 1. The molecule has 2 aliphatic rings. The molecular weight excluding hydrogens is 196 g/mol. The molecular formula is C15H16O. The van der Waals surface area contributed by atoms with Gasteiger partial charge in [-0.05, 0) is 43.4 Å². The number of rotatable bonds is 2. The third-order valence-corrected chi connectivity index (χ3v) is 3.35. The number of hydrogen-bond acceptors (Lipinski definition) is 1. The van der Waals surface area contributed by atoms with Crippen LogP contribution < -0.4 is 4.74 Å². The largest absolute Gasteiger partial charge is 0.462 e. The van der Waals surface area contributed by atoms with Crippen LogP contribution >= 0.6 is 0 Å². The summed E-state index contributed by atoms with van der Waals surface area (Å²) in [6, 6.07) is 8.25. The number of allylic oxidation sites excluding steroid dienone is 4. The Labute approximate surface area is 96.4 Å². The predicted molar refractivity (Wildman–Crippen MR) is 65.2 cm³/mol. The van der Waals surface area contributed by atoms with E-state index in [2.05, 4.69) is 37.3 Å². The first kappa shape index (κ1) is 9.71. The standard InChI is InChI=1S/C15H16O/c1-11-5-7-14(8-6-11)16-15-4-2-3-12-9-13(12)10-15/h2-8,12-13H,9-10H2,1H3. The fraction of sp³-hybridized carbons (Fsp3) is 0.333. The van der Waals surface area contributed by atoms with Crippen LogP contribution in [0.15, 0.2) is 48.3 Å². The van der Waals surface area contributed by atoms with Gasteiger partial charge in [-0.25, -0.2) is 0 Å². The average Bonchev–Trinajstić information content (AvgIpc) is 2.99. The van der Waals surface area contributed by atoms with Gasteiger partial charge in [0.05, 0.1) is 0 Å². The predicted octanol–water partition coefficient (Wildman–Crippen LogP) is 3.85. The number of fused-ring (bicyclic) bond motifs is 1. The van der Waals surface area contributed by atoms with E-state index in [1.54, 1.807) is 0 Å². The van der Waals surface area contributed by atoms with Gasteiger partial charge in [0.25, 0.3) is 0 Å². The molecule has 2 aliphatic carbocycles. The highest BCUT2D eigenvalue weighted by Gasteiger charge is 2.36. The lowest BCUT2D eigenvalue weighted by Crippen LogP contribution is -1.96. The average molecular weight is 212 g/mol. The molecule has 3 rings (SSSR count). The molecule has 1 heteroatoms. The Morgan fingerprint density at radius 3 is 2.81 bits per heavy atom. The molecule has 1 aromatic rings.